The first-order valence-electron chi connectivity index (χ1n) is 7.20. The lowest BCUT2D eigenvalue weighted by atomic mass is 9.98. The maximum absolute atomic E-state index is 4.60. The van der Waals surface area contributed by atoms with E-state index in [1.165, 1.54) is 25.9 Å². The van der Waals surface area contributed by atoms with E-state index >= 15 is 0 Å². The number of nitrogens with zero attached hydrogens (tertiary/aromatic N) is 5. The summed E-state index contributed by atoms with van der Waals surface area (Å²) in [5.74, 6) is 1.70. The van der Waals surface area contributed by atoms with Gasteiger partial charge < -0.3 is 9.80 Å². The first kappa shape index (κ1) is 13.2. The summed E-state index contributed by atoms with van der Waals surface area (Å²) >= 11 is 0. The minimum absolute atomic E-state index is 0.720. The van der Waals surface area contributed by atoms with E-state index in [1.54, 1.807) is 12.4 Å². The van der Waals surface area contributed by atoms with E-state index in [-0.39, 0.29) is 0 Å². The molecule has 0 radical (unpaired) electrons. The first-order valence-corrected chi connectivity index (χ1v) is 7.20. The van der Waals surface area contributed by atoms with Crippen LogP contribution in [0.1, 0.15) is 12.8 Å². The van der Waals surface area contributed by atoms with Crippen LogP contribution in [0.2, 0.25) is 0 Å². The van der Waals surface area contributed by atoms with E-state index in [9.17, 15) is 0 Å². The van der Waals surface area contributed by atoms with Gasteiger partial charge in [-0.3, -0.25) is 4.98 Å². The smallest absolute Gasteiger partial charge is 0.180 e. The third-order valence-electron chi connectivity index (χ3n) is 3.96. The van der Waals surface area contributed by atoms with Gasteiger partial charge in [0.05, 0.1) is 0 Å². The number of piperidine rings is 1. The molecule has 0 spiro atoms. The Morgan fingerprint density at radius 2 is 2.15 bits per heavy atom. The lowest BCUT2D eigenvalue weighted by Gasteiger charge is -2.32. The van der Waals surface area contributed by atoms with Crippen LogP contribution in [0.25, 0.3) is 11.2 Å². The van der Waals surface area contributed by atoms with E-state index in [4.69, 9.17) is 0 Å². The molecule has 2 aromatic heterocycles. The van der Waals surface area contributed by atoms with Crippen LogP contribution in [-0.2, 0) is 0 Å². The third-order valence-corrected chi connectivity index (χ3v) is 3.96. The molecular formula is C15H21N5. The van der Waals surface area contributed by atoms with Crippen molar-refractivity contribution in [1.29, 1.82) is 0 Å². The first-order chi connectivity index (χ1) is 9.72. The number of anilines is 1. The third kappa shape index (κ3) is 2.88. The molecule has 1 aliphatic heterocycles. The number of fused-ring (bicyclic) bond motifs is 1. The van der Waals surface area contributed by atoms with Crippen molar-refractivity contribution in [1.82, 2.24) is 19.9 Å². The van der Waals surface area contributed by atoms with E-state index < -0.39 is 0 Å². The molecule has 1 fully saturated rings. The molecule has 3 rings (SSSR count). The Hall–Kier alpha value is -1.75. The summed E-state index contributed by atoms with van der Waals surface area (Å²) in [4.78, 5) is 17.8. The van der Waals surface area contributed by atoms with Crippen LogP contribution < -0.4 is 4.90 Å². The molecule has 106 valence electrons. The summed E-state index contributed by atoms with van der Waals surface area (Å²) < 4.78 is 0. The Balaban J connectivity index is 1.73. The molecule has 1 unspecified atom stereocenters. The van der Waals surface area contributed by atoms with Crippen LogP contribution in [0.4, 0.5) is 5.82 Å². The second kappa shape index (κ2) is 5.71. The van der Waals surface area contributed by atoms with E-state index in [0.29, 0.717) is 0 Å². The number of hydrogen-bond donors (Lipinski definition) is 0. The van der Waals surface area contributed by atoms with Crippen molar-refractivity contribution >= 4 is 17.0 Å². The van der Waals surface area contributed by atoms with Gasteiger partial charge in [-0.2, -0.15) is 0 Å². The van der Waals surface area contributed by atoms with Gasteiger partial charge in [-0.1, -0.05) is 0 Å². The summed E-state index contributed by atoms with van der Waals surface area (Å²) in [6.45, 7) is 3.45. The second-order valence-electron chi connectivity index (χ2n) is 5.72. The van der Waals surface area contributed by atoms with Crippen LogP contribution >= 0.6 is 0 Å². The zero-order chi connectivity index (χ0) is 13.9. The molecule has 0 amide bonds. The van der Waals surface area contributed by atoms with Crippen LogP contribution in [0.5, 0.6) is 0 Å². The van der Waals surface area contributed by atoms with Gasteiger partial charge in [0.2, 0.25) is 0 Å². The SMILES string of the molecule is CN1CCCC(CN(C)c2ccc3nccnc3n2)C1. The summed E-state index contributed by atoms with van der Waals surface area (Å²) in [6, 6.07) is 4.03. The maximum atomic E-state index is 4.60. The van der Waals surface area contributed by atoms with E-state index in [1.807, 2.05) is 12.1 Å². The fourth-order valence-corrected chi connectivity index (χ4v) is 2.96. The highest BCUT2D eigenvalue weighted by molar-refractivity contribution is 5.71. The second-order valence-corrected chi connectivity index (χ2v) is 5.72. The average Bonchev–Trinajstić information content (AvgIpc) is 2.47. The quantitative estimate of drug-likeness (QED) is 0.852. The molecule has 3 heterocycles. The lowest BCUT2D eigenvalue weighted by molar-refractivity contribution is 0.213. The van der Waals surface area contributed by atoms with E-state index in [2.05, 4.69) is 38.8 Å². The molecule has 2 aromatic rings. The molecule has 1 saturated heterocycles. The highest BCUT2D eigenvalue weighted by atomic mass is 15.2. The molecule has 20 heavy (non-hydrogen) atoms. The Kier molecular flexibility index (Phi) is 3.78. The summed E-state index contributed by atoms with van der Waals surface area (Å²) in [5.41, 5.74) is 1.57. The summed E-state index contributed by atoms with van der Waals surface area (Å²) in [6.07, 6.45) is 5.99. The topological polar surface area (TPSA) is 45.2 Å². The van der Waals surface area contributed by atoms with Crippen molar-refractivity contribution in [3.63, 3.8) is 0 Å². The molecule has 5 nitrogen and oxygen atoms in total. The minimum Gasteiger partial charge on any atom is -0.359 e. The fraction of sp³-hybridized carbons (Fsp3) is 0.533. The van der Waals surface area contributed by atoms with Gasteiger partial charge >= 0.3 is 0 Å². The number of aromatic nitrogens is 3. The van der Waals surface area contributed by atoms with Gasteiger partial charge in [-0.05, 0) is 44.5 Å². The van der Waals surface area contributed by atoms with Crippen LogP contribution in [0.15, 0.2) is 24.5 Å². The van der Waals surface area contributed by atoms with Crippen molar-refractivity contribution in [2.75, 3.05) is 38.6 Å². The molecule has 1 aliphatic rings. The standard InChI is InChI=1S/C15H21N5/c1-19-9-3-4-12(10-19)11-20(2)14-6-5-13-15(18-14)17-8-7-16-13/h5-8,12H,3-4,9-11H2,1-2H3. The molecule has 0 aliphatic carbocycles. The zero-order valence-electron chi connectivity index (χ0n) is 12.2. The fourth-order valence-electron chi connectivity index (χ4n) is 2.96. The maximum Gasteiger partial charge on any atom is 0.180 e. The minimum atomic E-state index is 0.720. The van der Waals surface area contributed by atoms with Gasteiger partial charge in [0, 0.05) is 32.5 Å². The molecule has 1 atom stereocenters. The Morgan fingerprint density at radius 1 is 1.30 bits per heavy atom. The Bertz CT molecular complexity index is 585. The van der Waals surface area contributed by atoms with Gasteiger partial charge in [-0.15, -0.1) is 0 Å². The summed E-state index contributed by atoms with van der Waals surface area (Å²) in [7, 11) is 4.31. The molecule has 0 bridgehead atoms. The van der Waals surface area contributed by atoms with Crippen LogP contribution in [0.3, 0.4) is 0 Å². The largest absolute Gasteiger partial charge is 0.359 e. The van der Waals surface area contributed by atoms with Crippen molar-refractivity contribution in [3.05, 3.63) is 24.5 Å². The Morgan fingerprint density at radius 3 is 3.00 bits per heavy atom. The highest BCUT2D eigenvalue weighted by Gasteiger charge is 2.19. The summed E-state index contributed by atoms with van der Waals surface area (Å²) in [5, 5.41) is 0. The molecule has 0 saturated carbocycles. The molecule has 0 N–H and O–H groups in total. The lowest BCUT2D eigenvalue weighted by Crippen LogP contribution is -2.38. The molecule has 5 heteroatoms. The zero-order valence-corrected chi connectivity index (χ0v) is 12.2. The van der Waals surface area contributed by atoms with Gasteiger partial charge in [0.25, 0.3) is 0 Å². The van der Waals surface area contributed by atoms with Crippen LogP contribution in [-0.4, -0.2) is 53.6 Å². The van der Waals surface area contributed by atoms with Gasteiger partial charge in [0.1, 0.15) is 11.3 Å². The van der Waals surface area contributed by atoms with Crippen LogP contribution in [0, 0.1) is 5.92 Å². The van der Waals surface area contributed by atoms with Crippen molar-refractivity contribution in [2.24, 2.45) is 5.92 Å². The van der Waals surface area contributed by atoms with Crippen molar-refractivity contribution in [2.45, 2.75) is 12.8 Å². The predicted octanol–water partition coefficient (Wildman–Crippen LogP) is 1.80. The number of likely N-dealkylation sites (tertiary alicyclic amines) is 1. The van der Waals surface area contributed by atoms with Gasteiger partial charge in [0.15, 0.2) is 5.65 Å². The average molecular weight is 271 g/mol. The molecular weight excluding hydrogens is 250 g/mol. The number of rotatable bonds is 3. The highest BCUT2D eigenvalue weighted by Crippen LogP contribution is 2.19. The monoisotopic (exact) mass is 271 g/mol. The van der Waals surface area contributed by atoms with Crippen molar-refractivity contribution in [3.8, 4) is 0 Å². The number of pyridine rings is 1. The van der Waals surface area contributed by atoms with E-state index in [0.717, 1.165) is 29.4 Å². The predicted molar refractivity (Wildman–Crippen MR) is 80.8 cm³/mol. The number of hydrogen-bond acceptors (Lipinski definition) is 5. The normalized spacial score (nSPS) is 20.2. The Labute approximate surface area is 119 Å². The molecule has 0 aromatic carbocycles. The van der Waals surface area contributed by atoms with Crippen molar-refractivity contribution < 1.29 is 0 Å². The van der Waals surface area contributed by atoms with Gasteiger partial charge in [-0.25, -0.2) is 9.97 Å².